The molecule has 0 aliphatic rings. The number of aromatic nitrogens is 2. The van der Waals surface area contributed by atoms with E-state index < -0.39 is 0 Å². The number of hydrogen-bond donors (Lipinski definition) is 0. The SMILES string of the molecule is Brc1nn(-c2ccccc2)c(Br)c1Br. The van der Waals surface area contributed by atoms with Crippen molar-refractivity contribution in [2.75, 3.05) is 0 Å². The van der Waals surface area contributed by atoms with Crippen LogP contribution in [0, 0.1) is 0 Å². The molecule has 0 aliphatic carbocycles. The van der Waals surface area contributed by atoms with Gasteiger partial charge in [0.1, 0.15) is 9.21 Å². The lowest BCUT2D eigenvalue weighted by Gasteiger charge is -2.01. The molecule has 14 heavy (non-hydrogen) atoms. The summed E-state index contributed by atoms with van der Waals surface area (Å²) in [5.41, 5.74) is 1.02. The highest BCUT2D eigenvalue weighted by Crippen LogP contribution is 2.32. The van der Waals surface area contributed by atoms with Gasteiger partial charge in [0.05, 0.1) is 10.2 Å². The highest BCUT2D eigenvalue weighted by Gasteiger charge is 2.11. The van der Waals surface area contributed by atoms with Gasteiger partial charge in [-0.3, -0.25) is 0 Å². The summed E-state index contributed by atoms with van der Waals surface area (Å²) in [6.45, 7) is 0. The van der Waals surface area contributed by atoms with Crippen molar-refractivity contribution in [3.63, 3.8) is 0 Å². The standard InChI is InChI=1S/C9H5Br3N2/c10-7-8(11)13-14(9(7)12)6-4-2-1-3-5-6/h1-5H. The minimum atomic E-state index is 0.785. The molecule has 5 heteroatoms. The molecule has 1 heterocycles. The number of halogens is 3. The molecule has 0 radical (unpaired) electrons. The average molecular weight is 381 g/mol. The number of para-hydroxylation sites is 1. The fourth-order valence-electron chi connectivity index (χ4n) is 1.09. The van der Waals surface area contributed by atoms with E-state index in [2.05, 4.69) is 52.9 Å². The zero-order valence-electron chi connectivity index (χ0n) is 6.92. The van der Waals surface area contributed by atoms with Crippen molar-refractivity contribution in [2.24, 2.45) is 0 Å². The van der Waals surface area contributed by atoms with E-state index >= 15 is 0 Å². The van der Waals surface area contributed by atoms with Crippen molar-refractivity contribution in [3.8, 4) is 5.69 Å². The smallest absolute Gasteiger partial charge is 0.143 e. The predicted molar refractivity (Wildman–Crippen MR) is 66.7 cm³/mol. The molecule has 72 valence electrons. The zero-order valence-corrected chi connectivity index (χ0v) is 11.7. The lowest BCUT2D eigenvalue weighted by Crippen LogP contribution is -1.95. The van der Waals surface area contributed by atoms with E-state index in [1.165, 1.54) is 0 Å². The summed E-state index contributed by atoms with van der Waals surface area (Å²) in [4.78, 5) is 0. The average Bonchev–Trinajstić information content (AvgIpc) is 2.47. The van der Waals surface area contributed by atoms with E-state index in [4.69, 9.17) is 0 Å². The van der Waals surface area contributed by atoms with Gasteiger partial charge in [0, 0.05) is 0 Å². The number of rotatable bonds is 1. The fraction of sp³-hybridized carbons (Fsp3) is 0. The van der Waals surface area contributed by atoms with Gasteiger partial charge in [0.25, 0.3) is 0 Å². The van der Waals surface area contributed by atoms with Crippen LogP contribution in [0.25, 0.3) is 5.69 Å². The Balaban J connectivity index is 2.58. The second kappa shape index (κ2) is 4.16. The molecule has 0 bridgehead atoms. The van der Waals surface area contributed by atoms with Crippen LogP contribution in [0.5, 0.6) is 0 Å². The van der Waals surface area contributed by atoms with Crippen LogP contribution < -0.4 is 0 Å². The van der Waals surface area contributed by atoms with Gasteiger partial charge < -0.3 is 0 Å². The van der Waals surface area contributed by atoms with Crippen LogP contribution in [0.4, 0.5) is 0 Å². The van der Waals surface area contributed by atoms with E-state index in [1.54, 1.807) is 0 Å². The Morgan fingerprint density at radius 2 is 1.64 bits per heavy atom. The van der Waals surface area contributed by atoms with Gasteiger partial charge in [-0.15, -0.1) is 0 Å². The molecule has 2 aromatic rings. The number of benzene rings is 1. The molecular formula is C9H5Br3N2. The third-order valence-corrected chi connectivity index (χ3v) is 4.84. The highest BCUT2D eigenvalue weighted by atomic mass is 79.9. The number of nitrogens with zero attached hydrogens (tertiary/aromatic N) is 2. The van der Waals surface area contributed by atoms with Gasteiger partial charge >= 0.3 is 0 Å². The Morgan fingerprint density at radius 3 is 2.14 bits per heavy atom. The highest BCUT2D eigenvalue weighted by molar-refractivity contribution is 9.14. The fourth-order valence-corrected chi connectivity index (χ4v) is 2.43. The summed E-state index contributed by atoms with van der Waals surface area (Å²) < 4.78 is 4.42. The molecule has 0 spiro atoms. The van der Waals surface area contributed by atoms with Crippen molar-refractivity contribution in [1.29, 1.82) is 0 Å². The molecule has 1 aromatic carbocycles. The zero-order chi connectivity index (χ0) is 10.1. The molecule has 0 saturated carbocycles. The lowest BCUT2D eigenvalue weighted by atomic mass is 10.3. The van der Waals surface area contributed by atoms with Crippen LogP contribution in [0.2, 0.25) is 0 Å². The molecule has 0 amide bonds. The van der Waals surface area contributed by atoms with Gasteiger partial charge in [0.15, 0.2) is 0 Å². The third-order valence-electron chi connectivity index (χ3n) is 1.74. The first kappa shape index (κ1) is 10.4. The summed E-state index contributed by atoms with van der Waals surface area (Å²) in [6.07, 6.45) is 0. The van der Waals surface area contributed by atoms with E-state index in [0.717, 1.165) is 19.4 Å². The van der Waals surface area contributed by atoms with Gasteiger partial charge in [-0.2, -0.15) is 5.10 Å². The van der Waals surface area contributed by atoms with E-state index in [9.17, 15) is 0 Å². The number of hydrogen-bond acceptors (Lipinski definition) is 1. The summed E-state index contributed by atoms with van der Waals surface area (Å²) in [6, 6.07) is 9.93. The van der Waals surface area contributed by atoms with Crippen molar-refractivity contribution in [3.05, 3.63) is 44.0 Å². The first-order valence-electron chi connectivity index (χ1n) is 3.85. The van der Waals surface area contributed by atoms with Crippen LogP contribution in [-0.2, 0) is 0 Å². The van der Waals surface area contributed by atoms with Crippen molar-refractivity contribution in [2.45, 2.75) is 0 Å². The first-order chi connectivity index (χ1) is 6.70. The monoisotopic (exact) mass is 378 g/mol. The molecule has 2 nitrogen and oxygen atoms in total. The maximum atomic E-state index is 4.32. The maximum Gasteiger partial charge on any atom is 0.143 e. The Labute approximate surface area is 107 Å². The Bertz CT molecular complexity index is 451. The van der Waals surface area contributed by atoms with Crippen molar-refractivity contribution in [1.82, 2.24) is 9.78 Å². The van der Waals surface area contributed by atoms with E-state index in [1.807, 2.05) is 35.0 Å². The summed E-state index contributed by atoms with van der Waals surface area (Å²) in [5.74, 6) is 0. The van der Waals surface area contributed by atoms with Gasteiger partial charge in [-0.25, -0.2) is 4.68 Å². The second-order valence-corrected chi connectivity index (χ2v) is 4.94. The molecule has 2 rings (SSSR count). The van der Waals surface area contributed by atoms with Crippen molar-refractivity contribution >= 4 is 47.8 Å². The van der Waals surface area contributed by atoms with Gasteiger partial charge in [-0.1, -0.05) is 18.2 Å². The van der Waals surface area contributed by atoms with Crippen LogP contribution >= 0.6 is 47.8 Å². The van der Waals surface area contributed by atoms with Gasteiger partial charge in [-0.05, 0) is 59.9 Å². The molecule has 0 aliphatic heterocycles. The largest absolute Gasteiger partial charge is 0.224 e. The lowest BCUT2D eigenvalue weighted by molar-refractivity contribution is 0.852. The quantitative estimate of drug-likeness (QED) is 0.726. The van der Waals surface area contributed by atoms with Crippen molar-refractivity contribution < 1.29 is 0 Å². The maximum absolute atomic E-state index is 4.32. The summed E-state index contributed by atoms with van der Waals surface area (Å²) in [7, 11) is 0. The Morgan fingerprint density at radius 1 is 1.00 bits per heavy atom. The van der Waals surface area contributed by atoms with Crippen LogP contribution in [0.15, 0.2) is 44.0 Å². The third kappa shape index (κ3) is 1.81. The predicted octanol–water partition coefficient (Wildman–Crippen LogP) is 4.16. The van der Waals surface area contributed by atoms with Crippen LogP contribution in [-0.4, -0.2) is 9.78 Å². The summed E-state index contributed by atoms with van der Waals surface area (Å²) in [5, 5.41) is 4.32. The normalized spacial score (nSPS) is 10.5. The molecule has 1 aromatic heterocycles. The second-order valence-electron chi connectivity index (χ2n) is 2.64. The molecule has 0 atom stereocenters. The Kier molecular flexibility index (Phi) is 3.09. The van der Waals surface area contributed by atoms with Gasteiger partial charge in [0.2, 0.25) is 0 Å². The first-order valence-corrected chi connectivity index (χ1v) is 6.23. The summed E-state index contributed by atoms with van der Waals surface area (Å²) >= 11 is 10.2. The molecule has 0 N–H and O–H groups in total. The van der Waals surface area contributed by atoms with E-state index in [0.29, 0.717) is 0 Å². The molecule has 0 saturated heterocycles. The minimum Gasteiger partial charge on any atom is -0.224 e. The molecular weight excluding hydrogens is 376 g/mol. The Hall–Kier alpha value is -0.130. The van der Waals surface area contributed by atoms with Crippen LogP contribution in [0.1, 0.15) is 0 Å². The minimum absolute atomic E-state index is 0.785. The van der Waals surface area contributed by atoms with E-state index in [-0.39, 0.29) is 0 Å². The molecule has 0 unspecified atom stereocenters. The topological polar surface area (TPSA) is 17.8 Å². The molecule has 0 fully saturated rings. The van der Waals surface area contributed by atoms with Crippen LogP contribution in [0.3, 0.4) is 0 Å².